The van der Waals surface area contributed by atoms with E-state index in [2.05, 4.69) is 10.1 Å². The third kappa shape index (κ3) is 4.17. The number of nitrogens with zero attached hydrogens (tertiary/aromatic N) is 1. The van der Waals surface area contributed by atoms with Gasteiger partial charge in [0.15, 0.2) is 0 Å². The van der Waals surface area contributed by atoms with Crippen molar-refractivity contribution < 1.29 is 8.42 Å². The average Bonchev–Trinajstić information content (AvgIpc) is 2.24. The summed E-state index contributed by atoms with van der Waals surface area (Å²) in [4.78, 5) is 2.26. The molecule has 1 aromatic carbocycles. The van der Waals surface area contributed by atoms with Crippen molar-refractivity contribution >= 4 is 15.7 Å². The molecule has 0 fully saturated rings. The molecule has 114 valence electrons. The highest BCUT2D eigenvalue weighted by atomic mass is 32.2. The summed E-state index contributed by atoms with van der Waals surface area (Å²) >= 11 is 0. The van der Waals surface area contributed by atoms with E-state index in [-0.39, 0.29) is 6.04 Å². The van der Waals surface area contributed by atoms with Crippen LogP contribution in [0, 0.1) is 13.8 Å². The number of aryl methyl sites for hydroxylation is 2. The molecule has 4 N–H and O–H groups in total. The van der Waals surface area contributed by atoms with Gasteiger partial charge >= 0.3 is 0 Å². The zero-order valence-corrected chi connectivity index (χ0v) is 13.5. The standard InChI is InChI=1S/C13H24N4O2S/c1-9-6-12(15-14)7-10(2)13(9)20(18,19)16-11(3)8-17(4)5/h6-7,11,15-16H,8,14H2,1-5H3. The van der Waals surface area contributed by atoms with Crippen LogP contribution in [0.2, 0.25) is 0 Å². The Morgan fingerprint density at radius 1 is 1.25 bits per heavy atom. The van der Waals surface area contributed by atoms with Gasteiger partial charge in [-0.25, -0.2) is 13.1 Å². The monoisotopic (exact) mass is 300 g/mol. The van der Waals surface area contributed by atoms with Crippen molar-refractivity contribution in [3.05, 3.63) is 23.3 Å². The molecule has 0 aliphatic rings. The van der Waals surface area contributed by atoms with Crippen LogP contribution in [0.5, 0.6) is 0 Å². The van der Waals surface area contributed by atoms with Gasteiger partial charge in [-0.1, -0.05) is 0 Å². The molecule has 0 saturated carbocycles. The van der Waals surface area contributed by atoms with Crippen molar-refractivity contribution in [2.75, 3.05) is 26.1 Å². The molecule has 0 radical (unpaired) electrons. The zero-order chi connectivity index (χ0) is 15.5. The Kier molecular flexibility index (Phi) is 5.52. The summed E-state index contributed by atoms with van der Waals surface area (Å²) in [7, 11) is 0.275. The predicted octanol–water partition coefficient (Wildman–Crippen LogP) is 0.817. The first-order valence-corrected chi connectivity index (χ1v) is 7.90. The van der Waals surface area contributed by atoms with Crippen molar-refractivity contribution in [3.63, 3.8) is 0 Å². The molecular weight excluding hydrogens is 276 g/mol. The molecule has 1 rings (SSSR count). The zero-order valence-electron chi connectivity index (χ0n) is 12.7. The van der Waals surface area contributed by atoms with Crippen molar-refractivity contribution in [3.8, 4) is 0 Å². The van der Waals surface area contributed by atoms with Crippen LogP contribution in [0.3, 0.4) is 0 Å². The Balaban J connectivity index is 3.10. The number of hydrogen-bond acceptors (Lipinski definition) is 5. The Morgan fingerprint density at radius 3 is 2.15 bits per heavy atom. The lowest BCUT2D eigenvalue weighted by Gasteiger charge is -2.20. The molecule has 1 atom stereocenters. The number of sulfonamides is 1. The van der Waals surface area contributed by atoms with E-state index < -0.39 is 10.0 Å². The van der Waals surface area contributed by atoms with Crippen molar-refractivity contribution in [2.24, 2.45) is 5.84 Å². The normalized spacial score (nSPS) is 13.6. The van der Waals surface area contributed by atoms with Gasteiger partial charge in [-0.3, -0.25) is 5.84 Å². The van der Waals surface area contributed by atoms with Crippen molar-refractivity contribution in [1.29, 1.82) is 0 Å². The molecule has 0 bridgehead atoms. The van der Waals surface area contributed by atoms with Gasteiger partial charge in [-0.2, -0.15) is 0 Å². The van der Waals surface area contributed by atoms with E-state index in [0.717, 1.165) is 0 Å². The molecule has 0 amide bonds. The molecule has 0 aromatic heterocycles. The molecule has 0 aliphatic carbocycles. The lowest BCUT2D eigenvalue weighted by Crippen LogP contribution is -2.39. The SMILES string of the molecule is Cc1cc(NN)cc(C)c1S(=O)(=O)NC(C)CN(C)C. The Hall–Kier alpha value is -1.15. The molecule has 0 aliphatic heterocycles. The van der Waals surface area contributed by atoms with Crippen molar-refractivity contribution in [2.45, 2.75) is 31.7 Å². The molecule has 1 unspecified atom stereocenters. The lowest BCUT2D eigenvalue weighted by molar-refractivity contribution is 0.370. The third-order valence-electron chi connectivity index (χ3n) is 2.89. The summed E-state index contributed by atoms with van der Waals surface area (Å²) in [6.07, 6.45) is 0. The second kappa shape index (κ2) is 6.53. The average molecular weight is 300 g/mol. The number of nitrogen functional groups attached to an aromatic ring is 1. The Morgan fingerprint density at radius 2 is 1.75 bits per heavy atom. The van der Waals surface area contributed by atoms with Crippen LogP contribution >= 0.6 is 0 Å². The summed E-state index contributed by atoms with van der Waals surface area (Å²) in [6.45, 7) is 6.01. The molecular formula is C13H24N4O2S. The van der Waals surface area contributed by atoms with E-state index in [1.807, 2.05) is 25.9 Å². The molecule has 0 heterocycles. The van der Waals surface area contributed by atoms with Crippen LogP contribution in [0.1, 0.15) is 18.1 Å². The molecule has 0 spiro atoms. The number of anilines is 1. The molecule has 7 heteroatoms. The van der Waals surface area contributed by atoms with Crippen LogP contribution in [-0.4, -0.2) is 40.0 Å². The lowest BCUT2D eigenvalue weighted by atomic mass is 10.1. The van der Waals surface area contributed by atoms with Gasteiger partial charge in [0.2, 0.25) is 10.0 Å². The summed E-state index contributed by atoms with van der Waals surface area (Å²) in [5.41, 5.74) is 4.56. The highest BCUT2D eigenvalue weighted by molar-refractivity contribution is 7.89. The van der Waals surface area contributed by atoms with Crippen LogP contribution in [-0.2, 0) is 10.0 Å². The fourth-order valence-corrected chi connectivity index (χ4v) is 4.05. The predicted molar refractivity (Wildman–Crippen MR) is 82.1 cm³/mol. The van der Waals surface area contributed by atoms with Crippen LogP contribution in [0.25, 0.3) is 0 Å². The van der Waals surface area contributed by atoms with E-state index in [9.17, 15) is 8.42 Å². The highest BCUT2D eigenvalue weighted by Gasteiger charge is 2.22. The molecule has 20 heavy (non-hydrogen) atoms. The van der Waals surface area contributed by atoms with Gasteiger partial charge in [-0.05, 0) is 58.1 Å². The second-order valence-corrected chi connectivity index (χ2v) is 7.02. The fourth-order valence-electron chi connectivity index (χ4n) is 2.37. The maximum atomic E-state index is 12.5. The van der Waals surface area contributed by atoms with Gasteiger partial charge in [0.05, 0.1) is 4.90 Å². The topological polar surface area (TPSA) is 87.5 Å². The smallest absolute Gasteiger partial charge is 0.241 e. The summed E-state index contributed by atoms with van der Waals surface area (Å²) in [6, 6.07) is 3.28. The molecule has 0 saturated heterocycles. The Bertz CT molecular complexity index is 547. The maximum absolute atomic E-state index is 12.5. The summed E-state index contributed by atoms with van der Waals surface area (Å²) in [5.74, 6) is 5.36. The highest BCUT2D eigenvalue weighted by Crippen LogP contribution is 2.24. The number of likely N-dealkylation sites (N-methyl/N-ethyl adjacent to an activating group) is 1. The van der Waals surface area contributed by atoms with Crippen LogP contribution in [0.15, 0.2) is 17.0 Å². The molecule has 1 aromatic rings. The van der Waals surface area contributed by atoms with E-state index in [0.29, 0.717) is 28.3 Å². The first kappa shape index (κ1) is 16.9. The van der Waals surface area contributed by atoms with Crippen molar-refractivity contribution in [1.82, 2.24) is 9.62 Å². The second-order valence-electron chi connectivity index (χ2n) is 5.37. The van der Waals surface area contributed by atoms with Gasteiger partial charge < -0.3 is 10.3 Å². The quantitative estimate of drug-likeness (QED) is 0.535. The van der Waals surface area contributed by atoms with E-state index in [1.54, 1.807) is 26.0 Å². The van der Waals surface area contributed by atoms with Gasteiger partial charge in [0, 0.05) is 18.3 Å². The minimum Gasteiger partial charge on any atom is -0.324 e. The van der Waals surface area contributed by atoms with E-state index >= 15 is 0 Å². The van der Waals surface area contributed by atoms with Crippen LogP contribution < -0.4 is 16.0 Å². The largest absolute Gasteiger partial charge is 0.324 e. The number of hydrogen-bond donors (Lipinski definition) is 3. The Labute approximate surface area is 121 Å². The molecule has 6 nitrogen and oxygen atoms in total. The first-order valence-electron chi connectivity index (χ1n) is 6.42. The summed E-state index contributed by atoms with van der Waals surface area (Å²) < 4.78 is 27.7. The summed E-state index contributed by atoms with van der Waals surface area (Å²) in [5, 5.41) is 0. The minimum atomic E-state index is -3.54. The minimum absolute atomic E-state index is 0.166. The first-order chi connectivity index (χ1) is 9.17. The van der Waals surface area contributed by atoms with Gasteiger partial charge in [0.1, 0.15) is 0 Å². The number of nitrogens with one attached hydrogen (secondary N) is 2. The fraction of sp³-hybridized carbons (Fsp3) is 0.538. The number of benzene rings is 1. The van der Waals surface area contributed by atoms with Crippen LogP contribution in [0.4, 0.5) is 5.69 Å². The van der Waals surface area contributed by atoms with Gasteiger partial charge in [-0.15, -0.1) is 0 Å². The van der Waals surface area contributed by atoms with E-state index in [1.165, 1.54) is 0 Å². The number of nitrogens with two attached hydrogens (primary N) is 1. The number of rotatable bonds is 6. The third-order valence-corrected chi connectivity index (χ3v) is 4.79. The number of hydrazine groups is 1. The maximum Gasteiger partial charge on any atom is 0.241 e. The van der Waals surface area contributed by atoms with E-state index in [4.69, 9.17) is 5.84 Å². The van der Waals surface area contributed by atoms with Gasteiger partial charge in [0.25, 0.3) is 0 Å².